The smallest absolute Gasteiger partial charge is 0.258 e. The monoisotopic (exact) mass is 445 g/mol. The Balaban J connectivity index is 1.62. The second-order valence-electron chi connectivity index (χ2n) is 8.03. The number of nitrogens with zero attached hydrogens (tertiary/aromatic N) is 3. The number of aromatic hydroxyl groups is 1. The molecule has 1 aliphatic heterocycles. The Labute approximate surface area is 191 Å². The molecular formula is C25H27N5O3. The Hall–Kier alpha value is -3.91. The highest BCUT2D eigenvalue weighted by Gasteiger charge is 2.14. The van der Waals surface area contributed by atoms with E-state index in [1.54, 1.807) is 31.2 Å². The van der Waals surface area contributed by atoms with Crippen molar-refractivity contribution < 1.29 is 9.90 Å². The van der Waals surface area contributed by atoms with Crippen LogP contribution in [0.5, 0.6) is 5.88 Å². The number of hydrogen-bond acceptors (Lipinski definition) is 6. The number of amides is 1. The Morgan fingerprint density at radius 1 is 1.09 bits per heavy atom. The zero-order valence-electron chi connectivity index (χ0n) is 18.7. The van der Waals surface area contributed by atoms with E-state index in [2.05, 4.69) is 32.1 Å². The molecule has 3 N–H and O–H groups in total. The molecule has 0 radical (unpaired) electrons. The average molecular weight is 446 g/mol. The summed E-state index contributed by atoms with van der Waals surface area (Å²) in [4.78, 5) is 35.8. The van der Waals surface area contributed by atoms with Gasteiger partial charge < -0.3 is 20.2 Å². The Morgan fingerprint density at radius 2 is 1.82 bits per heavy atom. The number of fused-ring (bicyclic) bond motifs is 1. The number of carbonyl (C=O) groups excluding carboxylic acids is 1. The summed E-state index contributed by atoms with van der Waals surface area (Å²) >= 11 is 0. The normalized spacial score (nSPS) is 15.0. The molecule has 2 heterocycles. The molecule has 0 aliphatic carbocycles. The number of nitrogens with one attached hydrogen (secondary N) is 2. The van der Waals surface area contributed by atoms with Crippen molar-refractivity contribution in [2.45, 2.75) is 6.92 Å². The van der Waals surface area contributed by atoms with Crippen LogP contribution in [0.15, 0.2) is 64.4 Å². The van der Waals surface area contributed by atoms with Gasteiger partial charge in [-0.2, -0.15) is 0 Å². The number of hydrogen-bond donors (Lipinski definition) is 3. The van der Waals surface area contributed by atoms with E-state index in [-0.39, 0.29) is 11.8 Å². The third kappa shape index (κ3) is 5.12. The molecule has 33 heavy (non-hydrogen) atoms. The van der Waals surface area contributed by atoms with Gasteiger partial charge in [0.2, 0.25) is 11.8 Å². The fraction of sp³-hybridized carbons (Fsp3) is 0.240. The largest absolute Gasteiger partial charge is 0.494 e. The lowest BCUT2D eigenvalue weighted by molar-refractivity contribution is -0.111. The van der Waals surface area contributed by atoms with Crippen molar-refractivity contribution in [3.8, 4) is 5.88 Å². The summed E-state index contributed by atoms with van der Waals surface area (Å²) in [5, 5.41) is 14.0. The van der Waals surface area contributed by atoms with Gasteiger partial charge in [-0.05, 0) is 62.5 Å². The lowest BCUT2D eigenvalue weighted by Crippen LogP contribution is -2.44. The number of rotatable bonds is 5. The average Bonchev–Trinajstić information content (AvgIpc) is 2.80. The van der Waals surface area contributed by atoms with Crippen LogP contribution < -0.4 is 15.8 Å². The van der Waals surface area contributed by atoms with Crippen LogP contribution in [0.1, 0.15) is 12.5 Å². The summed E-state index contributed by atoms with van der Waals surface area (Å²) in [5.41, 5.74) is 2.35. The van der Waals surface area contributed by atoms with Crippen molar-refractivity contribution in [1.82, 2.24) is 9.88 Å². The summed E-state index contributed by atoms with van der Waals surface area (Å²) < 4.78 is 0. The molecule has 0 spiro atoms. The van der Waals surface area contributed by atoms with Crippen LogP contribution in [-0.4, -0.2) is 60.3 Å². The van der Waals surface area contributed by atoms with E-state index in [9.17, 15) is 14.7 Å². The number of carbonyl (C=O) groups is 1. The fourth-order valence-corrected chi connectivity index (χ4v) is 3.83. The number of anilines is 2. The van der Waals surface area contributed by atoms with Crippen molar-refractivity contribution in [3.63, 3.8) is 0 Å². The van der Waals surface area contributed by atoms with Crippen LogP contribution in [0, 0.1) is 0 Å². The summed E-state index contributed by atoms with van der Waals surface area (Å²) in [6.45, 7) is 5.81. The van der Waals surface area contributed by atoms with E-state index >= 15 is 0 Å². The molecule has 1 aliphatic rings. The van der Waals surface area contributed by atoms with E-state index in [1.807, 2.05) is 24.3 Å². The second kappa shape index (κ2) is 9.70. The van der Waals surface area contributed by atoms with E-state index in [0.717, 1.165) is 37.6 Å². The highest BCUT2D eigenvalue weighted by molar-refractivity contribution is 6.05. The van der Waals surface area contributed by atoms with Crippen LogP contribution in [0.4, 0.5) is 17.1 Å². The second-order valence-corrected chi connectivity index (χ2v) is 8.03. The minimum absolute atomic E-state index is 0.276. The number of aromatic nitrogens is 1. The van der Waals surface area contributed by atoms with Gasteiger partial charge in [0.25, 0.3) is 5.56 Å². The minimum Gasteiger partial charge on any atom is -0.494 e. The van der Waals surface area contributed by atoms with Gasteiger partial charge in [-0.1, -0.05) is 6.08 Å². The number of likely N-dealkylation sites (N-methyl/N-ethyl adjacent to an activating group) is 1. The summed E-state index contributed by atoms with van der Waals surface area (Å²) in [7, 11) is 2.13. The van der Waals surface area contributed by atoms with Crippen molar-refractivity contribution in [2.24, 2.45) is 4.99 Å². The maximum atomic E-state index is 12.3. The predicted molar refractivity (Wildman–Crippen MR) is 133 cm³/mol. The lowest BCUT2D eigenvalue weighted by atomic mass is 10.1. The van der Waals surface area contributed by atoms with Crippen LogP contribution in [0.25, 0.3) is 10.8 Å². The standard InChI is InChI=1S/C25H27N5O3/c1-3-4-23(31)27-18-7-10-20-21(15-18)22(25(33)28-24(20)32)16-26-17-5-8-19(9-6-17)30-13-11-29(2)12-14-30/h3-10,15-16H,11-14H2,1-2H3,(H,27,31)(H2,28,32,33). The number of H-pyrrole nitrogens is 1. The molecule has 1 amide bonds. The van der Waals surface area contributed by atoms with Crippen molar-refractivity contribution in [1.29, 1.82) is 0 Å². The molecule has 0 atom stereocenters. The first kappa shape index (κ1) is 22.3. The van der Waals surface area contributed by atoms with Gasteiger partial charge in [0.05, 0.1) is 11.3 Å². The van der Waals surface area contributed by atoms with Crippen molar-refractivity contribution in [3.05, 3.63) is 70.5 Å². The lowest BCUT2D eigenvalue weighted by Gasteiger charge is -2.34. The number of benzene rings is 2. The maximum absolute atomic E-state index is 12.3. The molecule has 8 heteroatoms. The highest BCUT2D eigenvalue weighted by atomic mass is 16.3. The third-order valence-corrected chi connectivity index (χ3v) is 5.69. The molecule has 170 valence electrons. The summed E-state index contributed by atoms with van der Waals surface area (Å²) in [5.74, 6) is -0.552. The number of aromatic amines is 1. The van der Waals surface area contributed by atoms with Gasteiger partial charge in [-0.15, -0.1) is 0 Å². The Bertz CT molecular complexity index is 1270. The molecule has 3 aromatic rings. The van der Waals surface area contributed by atoms with Gasteiger partial charge in [0.15, 0.2) is 0 Å². The topological polar surface area (TPSA) is 101 Å². The van der Waals surface area contributed by atoms with E-state index in [1.165, 1.54) is 12.3 Å². The summed E-state index contributed by atoms with van der Waals surface area (Å²) in [6.07, 6.45) is 4.57. The van der Waals surface area contributed by atoms with E-state index < -0.39 is 5.56 Å². The van der Waals surface area contributed by atoms with Crippen molar-refractivity contribution >= 4 is 40.0 Å². The molecule has 1 saturated heterocycles. The van der Waals surface area contributed by atoms with Crippen LogP contribution in [0.3, 0.4) is 0 Å². The first-order chi connectivity index (χ1) is 15.9. The van der Waals surface area contributed by atoms with Gasteiger partial charge >= 0.3 is 0 Å². The minimum atomic E-state index is -0.414. The Morgan fingerprint density at radius 3 is 2.52 bits per heavy atom. The van der Waals surface area contributed by atoms with E-state index in [4.69, 9.17) is 0 Å². The predicted octanol–water partition coefficient (Wildman–Crippen LogP) is 3.25. The molecule has 1 fully saturated rings. The van der Waals surface area contributed by atoms with Crippen LogP contribution in [-0.2, 0) is 4.79 Å². The molecule has 8 nitrogen and oxygen atoms in total. The Kier molecular flexibility index (Phi) is 6.55. The first-order valence-electron chi connectivity index (χ1n) is 10.8. The molecule has 0 saturated carbocycles. The van der Waals surface area contributed by atoms with Crippen molar-refractivity contribution in [2.75, 3.05) is 43.4 Å². The zero-order valence-corrected chi connectivity index (χ0v) is 18.7. The SMILES string of the molecule is CC=CC(=O)Nc1ccc2c(=O)[nH]c(O)c(C=Nc3ccc(N4CCN(C)CC4)cc3)c2c1. The van der Waals surface area contributed by atoms with Gasteiger partial charge in [0.1, 0.15) is 0 Å². The van der Waals surface area contributed by atoms with Gasteiger partial charge in [0, 0.05) is 54.5 Å². The molecule has 2 aromatic carbocycles. The van der Waals surface area contributed by atoms with Crippen LogP contribution >= 0.6 is 0 Å². The number of piperazine rings is 1. The maximum Gasteiger partial charge on any atom is 0.258 e. The molecule has 4 rings (SSSR count). The quantitative estimate of drug-likeness (QED) is 0.413. The number of allylic oxidation sites excluding steroid dienone is 1. The highest BCUT2D eigenvalue weighted by Crippen LogP contribution is 2.26. The molecule has 1 aromatic heterocycles. The van der Waals surface area contributed by atoms with E-state index in [0.29, 0.717) is 22.0 Å². The zero-order chi connectivity index (χ0) is 23.4. The third-order valence-electron chi connectivity index (χ3n) is 5.69. The van der Waals surface area contributed by atoms with Crippen LogP contribution in [0.2, 0.25) is 0 Å². The fourth-order valence-electron chi connectivity index (χ4n) is 3.83. The molecule has 0 unspecified atom stereocenters. The first-order valence-corrected chi connectivity index (χ1v) is 10.8. The summed E-state index contributed by atoms with van der Waals surface area (Å²) in [6, 6.07) is 12.9. The molecular weight excluding hydrogens is 418 g/mol. The van der Waals surface area contributed by atoms with Gasteiger partial charge in [-0.3, -0.25) is 19.6 Å². The van der Waals surface area contributed by atoms with Gasteiger partial charge in [-0.25, -0.2) is 0 Å². The number of aliphatic imine (C=N–C) groups is 1. The number of pyridine rings is 1. The molecule has 0 bridgehead atoms.